The second-order valence-corrected chi connectivity index (χ2v) is 11.6. The van der Waals surface area contributed by atoms with Crippen LogP contribution in [0.2, 0.25) is 0 Å². The maximum Gasteiger partial charge on any atom is 0.485 e. The number of halogens is 3. The van der Waals surface area contributed by atoms with Crippen molar-refractivity contribution in [2.45, 2.75) is 56.6 Å². The number of hydrogen-bond donors (Lipinski definition) is 1. The van der Waals surface area contributed by atoms with E-state index in [4.69, 9.17) is 22.4 Å². The van der Waals surface area contributed by atoms with E-state index in [1.54, 1.807) is 7.11 Å². The number of piperidine rings is 3. The SMILES string of the molecule is CC[C@H]1C[N@+]23CC[C@H]1C[C@@H]2[C@H](c1ccnc2ccc(OC)cc12)O[C@@](C)(O)C3.O=S(=O)([O-])C(F)(F)F. The lowest BCUT2D eigenvalue weighted by Gasteiger charge is -2.63. The highest BCUT2D eigenvalue weighted by atomic mass is 32.2. The summed E-state index contributed by atoms with van der Waals surface area (Å²) in [4.78, 5) is 4.55. The molecule has 1 aromatic heterocycles. The van der Waals surface area contributed by atoms with Crippen molar-refractivity contribution < 1.29 is 45.2 Å². The molecule has 0 unspecified atom stereocenters. The number of morpholine rings is 1. The second kappa shape index (κ2) is 9.39. The maximum atomic E-state index is 11.1. The van der Waals surface area contributed by atoms with E-state index in [9.17, 15) is 18.3 Å². The van der Waals surface area contributed by atoms with Crippen LogP contribution in [-0.2, 0) is 14.9 Å². The number of quaternary nitrogens is 1. The van der Waals surface area contributed by atoms with Gasteiger partial charge in [-0.3, -0.25) is 4.98 Å². The molecule has 1 N–H and O–H groups in total. The molecule has 2 bridgehead atoms. The molecule has 12 heteroatoms. The van der Waals surface area contributed by atoms with Crippen molar-refractivity contribution in [2.24, 2.45) is 11.8 Å². The minimum atomic E-state index is -6.09. The molecule has 0 saturated carbocycles. The van der Waals surface area contributed by atoms with Crippen LogP contribution in [-0.4, -0.2) is 71.6 Å². The lowest BCUT2D eigenvalue weighted by Crippen LogP contribution is -2.74. The Morgan fingerprint density at radius 2 is 2.03 bits per heavy atom. The van der Waals surface area contributed by atoms with Gasteiger partial charge in [-0.25, -0.2) is 8.42 Å². The van der Waals surface area contributed by atoms with Gasteiger partial charge in [0.05, 0.1) is 25.7 Å². The summed E-state index contributed by atoms with van der Waals surface area (Å²) in [6, 6.07) is 8.48. The van der Waals surface area contributed by atoms with Crippen LogP contribution in [0, 0.1) is 11.8 Å². The number of benzene rings is 1. The lowest BCUT2D eigenvalue weighted by atomic mass is 9.69. The molecule has 200 valence electrons. The summed E-state index contributed by atoms with van der Waals surface area (Å²) in [7, 11) is -4.40. The van der Waals surface area contributed by atoms with Gasteiger partial charge < -0.3 is 23.6 Å². The molecule has 6 rings (SSSR count). The molecule has 1 spiro atoms. The molecule has 8 nitrogen and oxygen atoms in total. The zero-order valence-corrected chi connectivity index (χ0v) is 21.2. The largest absolute Gasteiger partial charge is 0.741 e. The standard InChI is InChI=1S/C23H31N2O3.CHF3O3S/c1-4-15-13-25-10-8-16(15)11-21(25)22(28-23(2,26)14-25)18-7-9-24-20-6-5-17(27-3)12-19(18)20;2-1(3,4)8(5,6)7/h5-7,9,12,15-16,21-22,26H,4,8,10-11,13-14H2,1-3H3;(H,5,6,7)/q+1;/p-1/t15-,16-,21+,22-,23+,25-;/m0./s1. The Morgan fingerprint density at radius 3 is 2.64 bits per heavy atom. The monoisotopic (exact) mass is 532 g/mol. The highest BCUT2D eigenvalue weighted by Crippen LogP contribution is 2.52. The quantitative estimate of drug-likeness (QED) is 0.365. The minimum absolute atomic E-state index is 0.123. The van der Waals surface area contributed by atoms with Crippen LogP contribution >= 0.6 is 0 Å². The zero-order valence-electron chi connectivity index (χ0n) is 20.4. The van der Waals surface area contributed by atoms with Crippen molar-refractivity contribution in [2.75, 3.05) is 26.7 Å². The van der Waals surface area contributed by atoms with Crippen LogP contribution in [0.3, 0.4) is 0 Å². The Kier molecular flexibility index (Phi) is 7.06. The number of nitrogens with zero attached hydrogens (tertiary/aromatic N) is 2. The van der Waals surface area contributed by atoms with E-state index in [0.717, 1.165) is 45.1 Å². The van der Waals surface area contributed by atoms with Crippen molar-refractivity contribution in [3.05, 3.63) is 36.0 Å². The molecule has 4 fully saturated rings. The first-order chi connectivity index (χ1) is 16.7. The molecule has 0 radical (unpaired) electrons. The number of pyridine rings is 1. The fourth-order valence-corrected chi connectivity index (χ4v) is 6.41. The second-order valence-electron chi connectivity index (χ2n) is 10.2. The number of aliphatic hydroxyl groups is 1. The highest BCUT2D eigenvalue weighted by Gasteiger charge is 2.60. The van der Waals surface area contributed by atoms with Gasteiger partial charge in [-0.2, -0.15) is 13.2 Å². The van der Waals surface area contributed by atoms with E-state index in [2.05, 4.69) is 24.0 Å². The normalized spacial score (nSPS) is 34.0. The molecule has 0 amide bonds. The van der Waals surface area contributed by atoms with Crippen LogP contribution < -0.4 is 4.74 Å². The predicted octanol–water partition coefficient (Wildman–Crippen LogP) is 3.71. The van der Waals surface area contributed by atoms with Crippen LogP contribution in [0.15, 0.2) is 30.5 Å². The number of ether oxygens (including phenoxy) is 2. The molecular formula is C24H31F3N2O6S. The van der Waals surface area contributed by atoms with E-state index >= 15 is 0 Å². The van der Waals surface area contributed by atoms with Crippen LogP contribution in [0.25, 0.3) is 10.9 Å². The molecule has 0 aliphatic carbocycles. The Bertz CT molecular complexity index is 1220. The number of fused-ring (bicyclic) bond motifs is 3. The average molecular weight is 533 g/mol. The van der Waals surface area contributed by atoms with Gasteiger partial charge in [-0.15, -0.1) is 0 Å². The van der Waals surface area contributed by atoms with Crippen molar-refractivity contribution in [3.8, 4) is 5.75 Å². The Hall–Kier alpha value is -1.99. The predicted molar refractivity (Wildman–Crippen MR) is 124 cm³/mol. The molecule has 5 heterocycles. The topological polar surface area (TPSA) is 109 Å². The molecule has 4 aliphatic rings. The van der Waals surface area contributed by atoms with Crippen LogP contribution in [0.1, 0.15) is 44.8 Å². The number of alkyl halides is 3. The first-order valence-electron chi connectivity index (χ1n) is 11.9. The number of hydrogen-bond acceptors (Lipinski definition) is 7. The Morgan fingerprint density at radius 1 is 1.33 bits per heavy atom. The van der Waals surface area contributed by atoms with Crippen LogP contribution in [0.4, 0.5) is 13.2 Å². The van der Waals surface area contributed by atoms with Gasteiger partial charge >= 0.3 is 5.51 Å². The van der Waals surface area contributed by atoms with Gasteiger partial charge in [0.2, 0.25) is 5.79 Å². The fraction of sp³-hybridized carbons (Fsp3) is 0.625. The molecule has 2 aromatic rings. The molecule has 6 atom stereocenters. The third-order valence-electron chi connectivity index (χ3n) is 7.89. The third kappa shape index (κ3) is 5.06. The molecular weight excluding hydrogens is 501 g/mol. The lowest BCUT2D eigenvalue weighted by molar-refractivity contribution is -0.991. The van der Waals surface area contributed by atoms with Crippen molar-refractivity contribution in [1.29, 1.82) is 0 Å². The first kappa shape index (κ1) is 27.1. The maximum absolute atomic E-state index is 11.1. The minimum Gasteiger partial charge on any atom is -0.741 e. The van der Waals surface area contributed by atoms with Gasteiger partial charge in [0.1, 0.15) is 24.4 Å². The molecule has 36 heavy (non-hydrogen) atoms. The number of aromatic nitrogens is 1. The van der Waals surface area contributed by atoms with Gasteiger partial charge in [0, 0.05) is 30.3 Å². The van der Waals surface area contributed by atoms with Gasteiger partial charge in [-0.1, -0.05) is 6.92 Å². The Labute approximate surface area is 208 Å². The fourth-order valence-electron chi connectivity index (χ4n) is 6.41. The van der Waals surface area contributed by atoms with Crippen LogP contribution in [0.5, 0.6) is 5.75 Å². The molecule has 4 aliphatic heterocycles. The Balaban J connectivity index is 0.000000331. The van der Waals surface area contributed by atoms with E-state index in [1.807, 2.05) is 25.3 Å². The van der Waals surface area contributed by atoms with Gasteiger partial charge in [0.25, 0.3) is 0 Å². The molecule has 4 saturated heterocycles. The first-order valence-corrected chi connectivity index (χ1v) is 13.3. The summed E-state index contributed by atoms with van der Waals surface area (Å²) >= 11 is 0. The summed E-state index contributed by atoms with van der Waals surface area (Å²) in [5.74, 6) is 1.27. The number of methoxy groups -OCH3 is 1. The average Bonchev–Trinajstić information content (AvgIpc) is 2.80. The highest BCUT2D eigenvalue weighted by molar-refractivity contribution is 7.86. The van der Waals surface area contributed by atoms with E-state index in [-0.39, 0.29) is 6.10 Å². The molecule has 1 aromatic carbocycles. The van der Waals surface area contributed by atoms with E-state index < -0.39 is 21.4 Å². The van der Waals surface area contributed by atoms with Gasteiger partial charge in [0.15, 0.2) is 10.1 Å². The summed E-state index contributed by atoms with van der Waals surface area (Å²) in [6.07, 6.45) is 5.45. The van der Waals surface area contributed by atoms with Crippen molar-refractivity contribution in [1.82, 2.24) is 4.98 Å². The summed E-state index contributed by atoms with van der Waals surface area (Å²) in [5.41, 5.74) is -3.57. The summed E-state index contributed by atoms with van der Waals surface area (Å²) in [6.45, 7) is 7.19. The smallest absolute Gasteiger partial charge is 0.485 e. The van der Waals surface area contributed by atoms with Crippen molar-refractivity contribution in [3.63, 3.8) is 0 Å². The van der Waals surface area contributed by atoms with E-state index in [0.29, 0.717) is 12.6 Å². The third-order valence-corrected chi connectivity index (χ3v) is 8.46. The summed E-state index contributed by atoms with van der Waals surface area (Å²) < 4.78 is 71.8. The van der Waals surface area contributed by atoms with E-state index in [1.165, 1.54) is 25.8 Å². The summed E-state index contributed by atoms with van der Waals surface area (Å²) in [5, 5.41) is 12.2. The zero-order chi connectivity index (χ0) is 26.5. The van der Waals surface area contributed by atoms with Crippen molar-refractivity contribution >= 4 is 21.0 Å². The van der Waals surface area contributed by atoms with Gasteiger partial charge in [-0.05, 0) is 49.1 Å². The number of rotatable bonds is 3.